The molecule has 1 fully saturated rings. The molecule has 1 aliphatic rings. The molecule has 1 aliphatic heterocycles. The molecule has 1 saturated heterocycles. The van der Waals surface area contributed by atoms with E-state index in [0.717, 1.165) is 38.1 Å². The van der Waals surface area contributed by atoms with Crippen LogP contribution in [0.4, 0.5) is 30.6 Å². The highest BCUT2D eigenvalue weighted by atomic mass is 35.5. The van der Waals surface area contributed by atoms with Gasteiger partial charge in [-0.3, -0.25) is 0 Å². The smallest absolute Gasteiger partial charge is 0.339 e. The van der Waals surface area contributed by atoms with Crippen LogP contribution in [0.15, 0.2) is 24.4 Å². The van der Waals surface area contributed by atoms with Gasteiger partial charge in [-0.1, -0.05) is 18.5 Å². The molecule has 0 radical (unpaired) electrons. The summed E-state index contributed by atoms with van der Waals surface area (Å²) in [5.74, 6) is 1.29. The van der Waals surface area contributed by atoms with E-state index in [-0.39, 0.29) is 10.7 Å². The van der Waals surface area contributed by atoms with E-state index in [4.69, 9.17) is 11.6 Å². The quantitative estimate of drug-likeness (QED) is 0.859. The summed E-state index contributed by atoms with van der Waals surface area (Å²) in [5, 5.41) is 10.9. The van der Waals surface area contributed by atoms with Crippen molar-refractivity contribution in [3.8, 4) is 0 Å². The average Bonchev–Trinajstić information content (AvgIpc) is 2.56. The van der Waals surface area contributed by atoms with Gasteiger partial charge in [-0.05, 0) is 37.0 Å². The molecule has 25 heavy (non-hydrogen) atoms. The Hall–Kier alpha value is -2.09. The molecule has 0 saturated carbocycles. The fourth-order valence-corrected chi connectivity index (χ4v) is 2.96. The van der Waals surface area contributed by atoms with Crippen LogP contribution in [0.3, 0.4) is 0 Å². The molecule has 0 aliphatic carbocycles. The summed E-state index contributed by atoms with van der Waals surface area (Å²) in [7, 11) is 0. The second-order valence-electron chi connectivity index (χ2n) is 6.15. The van der Waals surface area contributed by atoms with Crippen molar-refractivity contribution in [2.45, 2.75) is 25.9 Å². The van der Waals surface area contributed by atoms with Gasteiger partial charge in [-0.25, -0.2) is 0 Å². The number of rotatable bonds is 3. The van der Waals surface area contributed by atoms with E-state index in [0.29, 0.717) is 17.7 Å². The molecule has 2 aromatic rings. The molecule has 134 valence electrons. The summed E-state index contributed by atoms with van der Waals surface area (Å²) in [4.78, 5) is 6.39. The van der Waals surface area contributed by atoms with Gasteiger partial charge in [0.05, 0.1) is 22.5 Å². The maximum absolute atomic E-state index is 12.9. The number of hydrogen-bond donors (Lipinski definition) is 1. The number of nitrogens with one attached hydrogen (secondary N) is 1. The third-order valence-corrected chi connectivity index (χ3v) is 4.37. The van der Waals surface area contributed by atoms with Crippen LogP contribution in [-0.4, -0.2) is 28.3 Å². The van der Waals surface area contributed by atoms with Crippen molar-refractivity contribution in [3.05, 3.63) is 35.0 Å². The highest BCUT2D eigenvalue weighted by molar-refractivity contribution is 6.33. The van der Waals surface area contributed by atoms with E-state index in [9.17, 15) is 13.2 Å². The molecule has 0 spiro atoms. The van der Waals surface area contributed by atoms with Crippen LogP contribution in [-0.2, 0) is 6.18 Å². The molecular formula is C16H17ClF3N5. The van der Waals surface area contributed by atoms with E-state index in [1.54, 1.807) is 0 Å². The Morgan fingerprint density at radius 2 is 2.12 bits per heavy atom. The first-order chi connectivity index (χ1) is 11.8. The molecule has 1 unspecified atom stereocenters. The summed E-state index contributed by atoms with van der Waals surface area (Å²) >= 11 is 6.00. The summed E-state index contributed by atoms with van der Waals surface area (Å²) < 4.78 is 38.6. The standard InChI is InChI=1S/C16H17ClF3N5/c1-10-3-2-6-25(9-10)15-23-14(8-21-24-15)22-13-7-11(16(18,19)20)4-5-12(13)17/h4-5,7-8,10H,2-3,6,9H2,1H3,(H,22,23,24). The van der Waals surface area contributed by atoms with Gasteiger partial charge in [0.1, 0.15) is 0 Å². The Kier molecular flexibility index (Phi) is 4.99. The van der Waals surface area contributed by atoms with Gasteiger partial charge in [0.15, 0.2) is 5.82 Å². The molecule has 9 heteroatoms. The molecule has 0 amide bonds. The van der Waals surface area contributed by atoms with Crippen molar-refractivity contribution in [1.29, 1.82) is 0 Å². The predicted octanol–water partition coefficient (Wildman–Crippen LogP) is 4.52. The molecule has 1 atom stereocenters. The molecule has 2 heterocycles. The van der Waals surface area contributed by atoms with Crippen molar-refractivity contribution in [2.24, 2.45) is 5.92 Å². The minimum absolute atomic E-state index is 0.120. The van der Waals surface area contributed by atoms with Gasteiger partial charge in [0.25, 0.3) is 0 Å². The lowest BCUT2D eigenvalue weighted by Gasteiger charge is -2.30. The van der Waals surface area contributed by atoms with Gasteiger partial charge >= 0.3 is 6.18 Å². The van der Waals surface area contributed by atoms with E-state index in [1.807, 2.05) is 4.90 Å². The number of benzene rings is 1. The van der Waals surface area contributed by atoms with Crippen molar-refractivity contribution < 1.29 is 13.2 Å². The molecule has 1 N–H and O–H groups in total. The Morgan fingerprint density at radius 3 is 2.84 bits per heavy atom. The van der Waals surface area contributed by atoms with Crippen LogP contribution in [0, 0.1) is 5.92 Å². The van der Waals surface area contributed by atoms with Crippen LogP contribution in [0.2, 0.25) is 5.02 Å². The second kappa shape index (κ2) is 7.03. The van der Waals surface area contributed by atoms with Gasteiger partial charge in [0.2, 0.25) is 5.95 Å². The van der Waals surface area contributed by atoms with Crippen LogP contribution in [0.5, 0.6) is 0 Å². The number of hydrogen-bond acceptors (Lipinski definition) is 5. The normalized spacial score (nSPS) is 18.3. The van der Waals surface area contributed by atoms with Gasteiger partial charge < -0.3 is 10.2 Å². The SMILES string of the molecule is CC1CCCN(c2nncc(Nc3cc(C(F)(F)F)ccc3Cl)n2)C1. The highest BCUT2D eigenvalue weighted by Gasteiger charge is 2.31. The van der Waals surface area contributed by atoms with E-state index >= 15 is 0 Å². The third kappa shape index (κ3) is 4.31. The average molecular weight is 372 g/mol. The zero-order valence-corrected chi connectivity index (χ0v) is 14.3. The number of piperidine rings is 1. The minimum atomic E-state index is -4.44. The summed E-state index contributed by atoms with van der Waals surface area (Å²) in [6.07, 6.45) is -0.892. The second-order valence-corrected chi connectivity index (χ2v) is 6.56. The molecule has 0 bridgehead atoms. The van der Waals surface area contributed by atoms with Crippen LogP contribution in [0.25, 0.3) is 0 Å². The fraction of sp³-hybridized carbons (Fsp3) is 0.438. The number of nitrogens with zero attached hydrogens (tertiary/aromatic N) is 4. The number of aromatic nitrogens is 3. The van der Waals surface area contributed by atoms with E-state index in [1.165, 1.54) is 12.3 Å². The predicted molar refractivity (Wildman–Crippen MR) is 90.2 cm³/mol. The zero-order valence-electron chi connectivity index (χ0n) is 13.5. The van der Waals surface area contributed by atoms with Crippen molar-refractivity contribution in [3.63, 3.8) is 0 Å². The first kappa shape index (κ1) is 17.7. The fourth-order valence-electron chi connectivity index (χ4n) is 2.79. The lowest BCUT2D eigenvalue weighted by atomic mass is 10.0. The van der Waals surface area contributed by atoms with Crippen LogP contribution in [0.1, 0.15) is 25.3 Å². The Bertz CT molecular complexity index is 753. The molecule has 1 aromatic carbocycles. The number of halogens is 4. The third-order valence-electron chi connectivity index (χ3n) is 4.04. The maximum atomic E-state index is 12.9. The lowest BCUT2D eigenvalue weighted by molar-refractivity contribution is -0.137. The molecular weight excluding hydrogens is 355 g/mol. The lowest BCUT2D eigenvalue weighted by Crippen LogP contribution is -2.35. The molecule has 3 rings (SSSR count). The topological polar surface area (TPSA) is 53.9 Å². The summed E-state index contributed by atoms with van der Waals surface area (Å²) in [5.41, 5.74) is -0.665. The van der Waals surface area contributed by atoms with Gasteiger partial charge in [-0.2, -0.15) is 23.3 Å². The molecule has 5 nitrogen and oxygen atoms in total. The van der Waals surface area contributed by atoms with E-state index in [2.05, 4.69) is 27.4 Å². The Balaban J connectivity index is 1.83. The maximum Gasteiger partial charge on any atom is 0.416 e. The highest BCUT2D eigenvalue weighted by Crippen LogP contribution is 2.34. The molecule has 1 aromatic heterocycles. The monoisotopic (exact) mass is 371 g/mol. The van der Waals surface area contributed by atoms with Crippen molar-refractivity contribution >= 4 is 29.1 Å². The Labute approximate surface area is 148 Å². The van der Waals surface area contributed by atoms with Crippen LogP contribution < -0.4 is 10.2 Å². The van der Waals surface area contributed by atoms with Crippen molar-refractivity contribution in [1.82, 2.24) is 15.2 Å². The summed E-state index contributed by atoms with van der Waals surface area (Å²) in [6.45, 7) is 3.82. The number of anilines is 3. The Morgan fingerprint density at radius 1 is 1.32 bits per heavy atom. The van der Waals surface area contributed by atoms with Crippen LogP contribution >= 0.6 is 11.6 Å². The van der Waals surface area contributed by atoms with Gasteiger partial charge in [0, 0.05) is 13.1 Å². The largest absolute Gasteiger partial charge is 0.416 e. The number of alkyl halides is 3. The summed E-state index contributed by atoms with van der Waals surface area (Å²) in [6, 6.07) is 3.09. The van der Waals surface area contributed by atoms with Crippen molar-refractivity contribution in [2.75, 3.05) is 23.3 Å². The first-order valence-corrected chi connectivity index (χ1v) is 8.29. The van der Waals surface area contributed by atoms with Gasteiger partial charge in [-0.15, -0.1) is 5.10 Å². The van der Waals surface area contributed by atoms with E-state index < -0.39 is 11.7 Å². The first-order valence-electron chi connectivity index (χ1n) is 7.91. The zero-order chi connectivity index (χ0) is 18.0. The minimum Gasteiger partial charge on any atom is -0.339 e.